The first-order chi connectivity index (χ1) is 1.73. The van der Waals surface area contributed by atoms with Gasteiger partial charge in [-0.05, 0) is 0 Å². The Balaban J connectivity index is -0.00000000450. The van der Waals surface area contributed by atoms with Gasteiger partial charge in [-0.3, -0.25) is 0 Å². The minimum absolute atomic E-state index is 0. The van der Waals surface area contributed by atoms with Gasteiger partial charge >= 0.3 is 17.1 Å². The molecular formula is H6CuNO6Zn. The molecule has 0 radical (unpaired) electrons. The molecule has 6 N–H and O–H groups in total. The van der Waals surface area contributed by atoms with Crippen LogP contribution < -0.4 is 0 Å². The van der Waals surface area contributed by atoms with E-state index in [0.717, 1.165) is 0 Å². The monoisotopic (exact) mass is 243 g/mol. The van der Waals surface area contributed by atoms with E-state index in [1.165, 1.54) is 0 Å². The molecule has 0 aromatic rings. The van der Waals surface area contributed by atoms with Gasteiger partial charge < -0.3 is 31.8 Å². The van der Waals surface area contributed by atoms with E-state index < -0.39 is 5.09 Å². The minimum atomic E-state index is -1.75. The normalized spacial score (nSPS) is 2.67. The molecule has 0 saturated heterocycles. The van der Waals surface area contributed by atoms with Crippen molar-refractivity contribution in [3.05, 3.63) is 15.3 Å². The molecule has 0 aliphatic heterocycles. The fraction of sp³-hybridized carbons (Fsp3) is 0. The van der Waals surface area contributed by atoms with Crippen molar-refractivity contribution >= 4 is 0 Å². The molecule has 60 valence electrons. The first-order valence-electron chi connectivity index (χ1n) is 0.548. The SMILES string of the molecule is O.O.O.O=[N+]([O-])[O-].[Cu+].[Zn]. The number of hydrogen-bond donors (Lipinski definition) is 0. The summed E-state index contributed by atoms with van der Waals surface area (Å²) in [5, 5.41) is 14.8. The van der Waals surface area contributed by atoms with Crippen molar-refractivity contribution < 1.29 is 58.1 Å². The van der Waals surface area contributed by atoms with Crippen LogP contribution in [0.2, 0.25) is 0 Å². The summed E-state index contributed by atoms with van der Waals surface area (Å²) in [6.07, 6.45) is 0. The van der Waals surface area contributed by atoms with Crippen LogP contribution >= 0.6 is 0 Å². The van der Waals surface area contributed by atoms with Crippen LogP contribution in [0.1, 0.15) is 0 Å². The van der Waals surface area contributed by atoms with Gasteiger partial charge in [-0.25, -0.2) is 0 Å². The Hall–Kier alpha value is 0.223. The van der Waals surface area contributed by atoms with Crippen molar-refractivity contribution in [1.82, 2.24) is 0 Å². The van der Waals surface area contributed by atoms with Gasteiger partial charge in [0.15, 0.2) is 0 Å². The van der Waals surface area contributed by atoms with Crippen molar-refractivity contribution in [3.8, 4) is 0 Å². The zero-order valence-electron chi connectivity index (χ0n) is 4.18. The molecule has 0 fully saturated rings. The summed E-state index contributed by atoms with van der Waals surface area (Å²) in [7, 11) is 0. The maximum Gasteiger partial charge on any atom is 1.00 e. The molecule has 0 amide bonds. The molecule has 0 heterocycles. The molecule has 0 bridgehead atoms. The van der Waals surface area contributed by atoms with Crippen molar-refractivity contribution in [2.24, 2.45) is 0 Å². The smallest absolute Gasteiger partial charge is 0.412 e. The first kappa shape index (κ1) is 60.0. The summed E-state index contributed by atoms with van der Waals surface area (Å²) in [5.41, 5.74) is 0. The molecule has 0 spiro atoms. The van der Waals surface area contributed by atoms with Gasteiger partial charge in [0.1, 0.15) is 0 Å². The van der Waals surface area contributed by atoms with Crippen molar-refractivity contribution in [2.45, 2.75) is 0 Å². The summed E-state index contributed by atoms with van der Waals surface area (Å²) >= 11 is 0. The average Bonchev–Trinajstić information content (AvgIpc) is 0.811. The Labute approximate surface area is 73.7 Å². The molecular weight excluding hydrogens is 239 g/mol. The fourth-order valence-electron chi connectivity index (χ4n) is 0. The summed E-state index contributed by atoms with van der Waals surface area (Å²) in [6, 6.07) is 0. The van der Waals surface area contributed by atoms with Crippen LogP contribution in [0.5, 0.6) is 0 Å². The third-order valence-electron chi connectivity index (χ3n) is 0. The van der Waals surface area contributed by atoms with Crippen LogP contribution in [0.15, 0.2) is 0 Å². The Morgan fingerprint density at radius 1 is 1.00 bits per heavy atom. The predicted octanol–water partition coefficient (Wildman–Crippen LogP) is -2.72. The zero-order chi connectivity index (χ0) is 3.58. The van der Waals surface area contributed by atoms with Crippen molar-refractivity contribution in [2.75, 3.05) is 0 Å². The van der Waals surface area contributed by atoms with Gasteiger partial charge in [-0.15, -0.1) is 0 Å². The molecule has 0 aromatic carbocycles. The molecule has 0 saturated carbocycles. The molecule has 0 aliphatic carbocycles. The van der Waals surface area contributed by atoms with Gasteiger partial charge in [0.25, 0.3) is 0 Å². The van der Waals surface area contributed by atoms with E-state index in [2.05, 4.69) is 0 Å². The number of hydrogen-bond acceptors (Lipinski definition) is 3. The zero-order valence-corrected chi connectivity index (χ0v) is 8.09. The Kier molecular flexibility index (Phi) is 276. The Morgan fingerprint density at radius 3 is 1.00 bits per heavy atom. The van der Waals surface area contributed by atoms with Gasteiger partial charge in [0.05, 0.1) is 5.09 Å². The second-order valence-electron chi connectivity index (χ2n) is 0.224. The predicted molar refractivity (Wildman–Crippen MR) is 21.2 cm³/mol. The largest absolute Gasteiger partial charge is 1.00 e. The quantitative estimate of drug-likeness (QED) is 0.258. The van der Waals surface area contributed by atoms with Crippen LogP contribution in [0.4, 0.5) is 0 Å². The van der Waals surface area contributed by atoms with Crippen molar-refractivity contribution in [3.63, 3.8) is 0 Å². The second-order valence-corrected chi connectivity index (χ2v) is 0.224. The molecule has 9 heavy (non-hydrogen) atoms. The van der Waals surface area contributed by atoms with Crippen LogP contribution in [-0.2, 0) is 36.5 Å². The van der Waals surface area contributed by atoms with E-state index >= 15 is 0 Å². The summed E-state index contributed by atoms with van der Waals surface area (Å²) in [4.78, 5) is 8.25. The number of rotatable bonds is 0. The van der Waals surface area contributed by atoms with Crippen LogP contribution in [0.3, 0.4) is 0 Å². The maximum absolute atomic E-state index is 8.25. The number of nitrogens with zero attached hydrogens (tertiary/aromatic N) is 1. The average molecular weight is 245 g/mol. The summed E-state index contributed by atoms with van der Waals surface area (Å²) in [5.74, 6) is 0. The van der Waals surface area contributed by atoms with Gasteiger partial charge in [-0.1, -0.05) is 0 Å². The Bertz CT molecular complexity index is 36.0. The molecule has 0 atom stereocenters. The van der Waals surface area contributed by atoms with E-state index in [9.17, 15) is 0 Å². The Morgan fingerprint density at radius 2 is 1.00 bits per heavy atom. The van der Waals surface area contributed by atoms with Gasteiger partial charge in [0.2, 0.25) is 0 Å². The fourth-order valence-corrected chi connectivity index (χ4v) is 0. The van der Waals surface area contributed by atoms with Crippen LogP contribution in [0.25, 0.3) is 0 Å². The molecule has 0 unspecified atom stereocenters. The van der Waals surface area contributed by atoms with Gasteiger partial charge in [0, 0.05) is 19.5 Å². The molecule has 9 heteroatoms. The molecule has 0 aromatic heterocycles. The van der Waals surface area contributed by atoms with Crippen LogP contribution in [-0.4, -0.2) is 21.5 Å². The third-order valence-corrected chi connectivity index (χ3v) is 0. The molecule has 7 nitrogen and oxygen atoms in total. The first-order valence-corrected chi connectivity index (χ1v) is 0.548. The third kappa shape index (κ3) is 6410. The summed E-state index contributed by atoms with van der Waals surface area (Å²) < 4.78 is 0. The molecule has 0 rings (SSSR count). The van der Waals surface area contributed by atoms with E-state index in [1.807, 2.05) is 0 Å². The van der Waals surface area contributed by atoms with E-state index in [-0.39, 0.29) is 53.0 Å². The maximum atomic E-state index is 8.25. The molecule has 0 aliphatic rings. The topological polar surface area (TPSA) is 161 Å². The van der Waals surface area contributed by atoms with E-state index in [1.54, 1.807) is 0 Å². The van der Waals surface area contributed by atoms with E-state index in [4.69, 9.17) is 15.3 Å². The van der Waals surface area contributed by atoms with Crippen LogP contribution in [0, 0.1) is 15.3 Å². The minimum Gasteiger partial charge on any atom is -0.412 e. The van der Waals surface area contributed by atoms with Crippen molar-refractivity contribution in [1.29, 1.82) is 0 Å². The standard InChI is InChI=1S/Cu.NO3.3H2O.Zn/c;2-1(3)4;;;;/h;;3*1H2;/q+1;-1;;;;. The second kappa shape index (κ2) is 41.3. The van der Waals surface area contributed by atoms with Gasteiger partial charge in [-0.2, -0.15) is 0 Å². The van der Waals surface area contributed by atoms with E-state index in [0.29, 0.717) is 0 Å². The summed E-state index contributed by atoms with van der Waals surface area (Å²) in [6.45, 7) is 0.